The summed E-state index contributed by atoms with van der Waals surface area (Å²) in [5.74, 6) is 0.875. The Balaban J connectivity index is 1.50. The first-order valence-electron chi connectivity index (χ1n) is 10.3. The monoisotopic (exact) mass is 439 g/mol. The molecule has 0 spiro atoms. The fourth-order valence-electron chi connectivity index (χ4n) is 3.64. The Morgan fingerprint density at radius 1 is 1.00 bits per heavy atom. The number of carbonyl (C=O) groups is 1. The molecule has 0 aliphatic heterocycles. The Kier molecular flexibility index (Phi) is 5.47. The Bertz CT molecular complexity index is 1390. The number of amides is 1. The van der Waals surface area contributed by atoms with Crippen molar-refractivity contribution in [2.75, 3.05) is 11.1 Å². The van der Waals surface area contributed by atoms with Gasteiger partial charge in [-0.1, -0.05) is 60.3 Å². The maximum atomic E-state index is 12.5. The van der Waals surface area contributed by atoms with Crippen LogP contribution >= 0.6 is 11.8 Å². The molecule has 1 amide bonds. The van der Waals surface area contributed by atoms with E-state index in [1.807, 2.05) is 71.4 Å². The number of H-pyrrole nitrogens is 1. The second-order valence-electron chi connectivity index (χ2n) is 7.43. The van der Waals surface area contributed by atoms with Crippen LogP contribution in [0.25, 0.3) is 28.0 Å². The normalized spacial score (nSPS) is 11.0. The Labute approximate surface area is 189 Å². The van der Waals surface area contributed by atoms with Crippen LogP contribution in [-0.4, -0.2) is 31.4 Å². The third-order valence-corrected chi connectivity index (χ3v) is 6.04. The van der Waals surface area contributed by atoms with Crippen LogP contribution in [0.5, 0.6) is 0 Å². The number of nitrogens with one attached hydrogen (secondary N) is 2. The summed E-state index contributed by atoms with van der Waals surface area (Å²) in [7, 11) is 0. The number of fused-ring (bicyclic) bond motifs is 1. The van der Waals surface area contributed by atoms with Crippen molar-refractivity contribution in [3.05, 3.63) is 90.6 Å². The zero-order valence-corrected chi connectivity index (χ0v) is 18.3. The van der Waals surface area contributed by atoms with E-state index >= 15 is 0 Å². The molecule has 0 atom stereocenters. The van der Waals surface area contributed by atoms with Gasteiger partial charge in [-0.2, -0.15) is 0 Å². The lowest BCUT2D eigenvalue weighted by atomic mass is 10.1. The number of carbonyl (C=O) groups excluding carboxylic acids is 1. The molecule has 0 bridgehead atoms. The average Bonchev–Trinajstić information content (AvgIpc) is 3.42. The summed E-state index contributed by atoms with van der Waals surface area (Å²) >= 11 is 1.37. The number of aromatic amines is 1. The van der Waals surface area contributed by atoms with E-state index in [9.17, 15) is 4.79 Å². The van der Waals surface area contributed by atoms with Crippen LogP contribution < -0.4 is 5.32 Å². The van der Waals surface area contributed by atoms with Gasteiger partial charge in [0.1, 0.15) is 0 Å². The topological polar surface area (TPSA) is 75.6 Å². The van der Waals surface area contributed by atoms with Gasteiger partial charge in [-0.3, -0.25) is 9.36 Å². The van der Waals surface area contributed by atoms with Gasteiger partial charge in [0.2, 0.25) is 5.91 Å². The molecule has 2 N–H and O–H groups in total. The lowest BCUT2D eigenvalue weighted by Gasteiger charge is -2.11. The number of rotatable bonds is 6. The Morgan fingerprint density at radius 2 is 1.81 bits per heavy atom. The van der Waals surface area contributed by atoms with Crippen molar-refractivity contribution >= 4 is 34.3 Å². The van der Waals surface area contributed by atoms with Crippen LogP contribution in [0.4, 0.5) is 5.69 Å². The van der Waals surface area contributed by atoms with E-state index in [1.165, 1.54) is 11.8 Å². The number of aromatic nitrogens is 4. The van der Waals surface area contributed by atoms with E-state index in [-0.39, 0.29) is 11.7 Å². The number of thioether (sulfide) groups is 1. The first kappa shape index (κ1) is 20.1. The van der Waals surface area contributed by atoms with Gasteiger partial charge in [0, 0.05) is 34.0 Å². The summed E-state index contributed by atoms with van der Waals surface area (Å²) in [4.78, 5) is 15.8. The highest BCUT2D eigenvalue weighted by Gasteiger charge is 2.19. The van der Waals surface area contributed by atoms with Gasteiger partial charge in [-0.15, -0.1) is 10.2 Å². The highest BCUT2D eigenvalue weighted by Crippen LogP contribution is 2.32. The summed E-state index contributed by atoms with van der Waals surface area (Å²) in [5.41, 5.74) is 4.88. The summed E-state index contributed by atoms with van der Waals surface area (Å²) in [6.07, 6.45) is 1.96. The molecule has 0 aliphatic rings. The summed E-state index contributed by atoms with van der Waals surface area (Å²) in [6, 6.07) is 25.7. The molecular formula is C25H21N5OS. The van der Waals surface area contributed by atoms with Crippen molar-refractivity contribution in [1.29, 1.82) is 0 Å². The van der Waals surface area contributed by atoms with Crippen LogP contribution in [0, 0.1) is 6.92 Å². The molecule has 6 nitrogen and oxygen atoms in total. The number of benzene rings is 3. The highest BCUT2D eigenvalue weighted by atomic mass is 32.2. The van der Waals surface area contributed by atoms with E-state index in [1.54, 1.807) is 0 Å². The van der Waals surface area contributed by atoms with E-state index < -0.39 is 0 Å². The third-order valence-electron chi connectivity index (χ3n) is 5.11. The first-order valence-corrected chi connectivity index (χ1v) is 11.2. The van der Waals surface area contributed by atoms with E-state index in [2.05, 4.69) is 45.6 Å². The van der Waals surface area contributed by atoms with Crippen molar-refractivity contribution in [2.24, 2.45) is 0 Å². The molecule has 0 saturated heterocycles. The molecule has 3 aromatic carbocycles. The zero-order valence-electron chi connectivity index (χ0n) is 17.4. The second kappa shape index (κ2) is 8.72. The predicted molar refractivity (Wildman–Crippen MR) is 129 cm³/mol. The minimum Gasteiger partial charge on any atom is -0.360 e. The van der Waals surface area contributed by atoms with Crippen LogP contribution in [-0.2, 0) is 4.79 Å². The summed E-state index contributed by atoms with van der Waals surface area (Å²) < 4.78 is 2.02. The number of anilines is 1. The number of hydrogen-bond donors (Lipinski definition) is 2. The molecule has 5 aromatic rings. The second-order valence-corrected chi connectivity index (χ2v) is 8.37. The fraction of sp³-hybridized carbons (Fsp3) is 0.0800. The van der Waals surface area contributed by atoms with Gasteiger partial charge in [-0.05, 0) is 42.8 Å². The van der Waals surface area contributed by atoms with Crippen molar-refractivity contribution in [3.8, 4) is 17.1 Å². The minimum absolute atomic E-state index is 0.0892. The van der Waals surface area contributed by atoms with Gasteiger partial charge in [0.25, 0.3) is 0 Å². The standard InChI is InChI=1S/C25H21N5OS/c1-17-8-7-11-19(14-17)30-24(21-15-26-22-13-6-5-12-20(21)22)28-29-25(30)32-16-23(31)27-18-9-3-2-4-10-18/h2-15,26H,16H2,1H3,(H,27,31). The van der Waals surface area contributed by atoms with Gasteiger partial charge in [0.15, 0.2) is 11.0 Å². The Hall–Kier alpha value is -3.84. The molecule has 0 saturated carbocycles. The maximum Gasteiger partial charge on any atom is 0.234 e. The van der Waals surface area contributed by atoms with Gasteiger partial charge in [-0.25, -0.2) is 0 Å². The molecule has 7 heteroatoms. The van der Waals surface area contributed by atoms with E-state index in [0.717, 1.165) is 39.2 Å². The molecule has 32 heavy (non-hydrogen) atoms. The molecule has 0 fully saturated rings. The quantitative estimate of drug-likeness (QED) is 0.345. The summed E-state index contributed by atoms with van der Waals surface area (Å²) in [6.45, 7) is 2.05. The molecule has 158 valence electrons. The predicted octanol–water partition coefficient (Wildman–Crippen LogP) is 5.45. The third kappa shape index (κ3) is 4.02. The highest BCUT2D eigenvalue weighted by molar-refractivity contribution is 7.99. The van der Waals surface area contributed by atoms with Crippen LogP contribution in [0.2, 0.25) is 0 Å². The van der Waals surface area contributed by atoms with E-state index in [4.69, 9.17) is 0 Å². The SMILES string of the molecule is Cc1cccc(-n2c(SCC(=O)Nc3ccccc3)nnc2-c2c[nH]c3ccccc23)c1. The van der Waals surface area contributed by atoms with Crippen molar-refractivity contribution in [3.63, 3.8) is 0 Å². The maximum absolute atomic E-state index is 12.5. The zero-order chi connectivity index (χ0) is 21.9. The molecule has 0 radical (unpaired) electrons. The van der Waals surface area contributed by atoms with Crippen LogP contribution in [0.3, 0.4) is 0 Å². The first-order chi connectivity index (χ1) is 15.7. The molecule has 0 aliphatic carbocycles. The smallest absolute Gasteiger partial charge is 0.234 e. The molecule has 0 unspecified atom stereocenters. The molecular weight excluding hydrogens is 418 g/mol. The van der Waals surface area contributed by atoms with Crippen molar-refractivity contribution < 1.29 is 4.79 Å². The van der Waals surface area contributed by atoms with Crippen molar-refractivity contribution in [2.45, 2.75) is 12.1 Å². The van der Waals surface area contributed by atoms with Gasteiger partial charge in [0.05, 0.1) is 5.75 Å². The molecule has 2 heterocycles. The van der Waals surface area contributed by atoms with Crippen molar-refractivity contribution in [1.82, 2.24) is 19.7 Å². The molecule has 5 rings (SSSR count). The fourth-order valence-corrected chi connectivity index (χ4v) is 4.39. The summed E-state index contributed by atoms with van der Waals surface area (Å²) in [5, 5.41) is 13.6. The lowest BCUT2D eigenvalue weighted by Crippen LogP contribution is -2.14. The number of para-hydroxylation sites is 2. The Morgan fingerprint density at radius 3 is 2.66 bits per heavy atom. The van der Waals surface area contributed by atoms with Crippen LogP contribution in [0.1, 0.15) is 5.56 Å². The average molecular weight is 440 g/mol. The van der Waals surface area contributed by atoms with Crippen LogP contribution in [0.15, 0.2) is 90.2 Å². The van der Waals surface area contributed by atoms with E-state index in [0.29, 0.717) is 5.16 Å². The molecule has 2 aromatic heterocycles. The largest absolute Gasteiger partial charge is 0.360 e. The minimum atomic E-state index is -0.0892. The van der Waals surface area contributed by atoms with Gasteiger partial charge < -0.3 is 10.3 Å². The lowest BCUT2D eigenvalue weighted by molar-refractivity contribution is -0.113. The number of nitrogens with zero attached hydrogens (tertiary/aromatic N) is 3. The number of hydrogen-bond acceptors (Lipinski definition) is 4. The van der Waals surface area contributed by atoms with Gasteiger partial charge >= 0.3 is 0 Å². The number of aryl methyl sites for hydroxylation is 1.